The number of nitrogens with zero attached hydrogens (tertiary/aromatic N) is 2. The highest BCUT2D eigenvalue weighted by Gasteiger charge is 2.43. The van der Waals surface area contributed by atoms with Crippen LogP contribution in [0.25, 0.3) is 0 Å². The topological polar surface area (TPSA) is 90.3 Å². The zero-order chi connectivity index (χ0) is 28.3. The number of benzene rings is 1. The monoisotopic (exact) mass is 542 g/mol. The van der Waals surface area contributed by atoms with E-state index in [9.17, 15) is 46.1 Å². The molecule has 2 rings (SSSR count). The van der Waals surface area contributed by atoms with E-state index in [0.29, 0.717) is 18.6 Å². The molecule has 13 heteroatoms. The number of likely N-dealkylation sites (tertiary alicyclic amines) is 1. The molecule has 1 aliphatic rings. The number of amides is 2. The summed E-state index contributed by atoms with van der Waals surface area (Å²) in [6, 6.07) is -0.989. The normalized spacial score (nSPS) is 21.6. The number of hydrogen-bond donors (Lipinski definition) is 2. The lowest BCUT2D eigenvalue weighted by molar-refractivity contribution is -0.143. The summed E-state index contributed by atoms with van der Waals surface area (Å²) in [5.74, 6) is -0.196. The molecular formula is C24H32F6N2O5. The molecule has 1 aromatic rings. The molecule has 1 fully saturated rings. The summed E-state index contributed by atoms with van der Waals surface area (Å²) < 4.78 is 84.9. The molecule has 37 heavy (non-hydrogen) atoms. The Morgan fingerprint density at radius 2 is 1.57 bits per heavy atom. The van der Waals surface area contributed by atoms with Gasteiger partial charge >= 0.3 is 24.5 Å². The highest BCUT2D eigenvalue weighted by molar-refractivity contribution is 5.69. The van der Waals surface area contributed by atoms with Crippen molar-refractivity contribution in [3.63, 3.8) is 0 Å². The van der Waals surface area contributed by atoms with Crippen LogP contribution in [0.4, 0.5) is 35.9 Å². The molecule has 0 aromatic heterocycles. The average Bonchev–Trinajstić information content (AvgIpc) is 2.79. The number of carboxylic acid groups (broad SMARTS) is 1. The summed E-state index contributed by atoms with van der Waals surface area (Å²) in [5, 5.41) is 20.2. The summed E-state index contributed by atoms with van der Waals surface area (Å²) >= 11 is 0. The van der Waals surface area contributed by atoms with Crippen LogP contribution in [0.15, 0.2) is 18.2 Å². The molecule has 0 aliphatic carbocycles. The number of alkyl halides is 6. The molecule has 1 heterocycles. The third kappa shape index (κ3) is 7.65. The maximum absolute atomic E-state index is 13.3. The van der Waals surface area contributed by atoms with Crippen molar-refractivity contribution in [2.45, 2.75) is 89.6 Å². The molecule has 0 bridgehead atoms. The molecule has 2 amide bonds. The fourth-order valence-electron chi connectivity index (χ4n) is 4.71. The molecule has 210 valence electrons. The van der Waals surface area contributed by atoms with Crippen molar-refractivity contribution in [2.75, 3.05) is 7.11 Å². The smallest absolute Gasteiger partial charge is 0.416 e. The third-order valence-electron chi connectivity index (χ3n) is 6.70. The van der Waals surface area contributed by atoms with Crippen molar-refractivity contribution >= 4 is 12.2 Å². The van der Waals surface area contributed by atoms with Gasteiger partial charge in [-0.05, 0) is 55.4 Å². The van der Waals surface area contributed by atoms with E-state index in [-0.39, 0.29) is 31.2 Å². The SMILES string of the molecule is CCC1CC(N(Cc2cc(C(F)(F)F)cc(C(F)(F)F)c2)C(=O)OC)CC(CC(O)C(C)C)N1C(=O)O. The van der Waals surface area contributed by atoms with E-state index in [1.165, 1.54) is 4.90 Å². The first-order valence-corrected chi connectivity index (χ1v) is 11.8. The molecule has 0 saturated carbocycles. The van der Waals surface area contributed by atoms with Crippen LogP contribution in [0.2, 0.25) is 0 Å². The highest BCUT2D eigenvalue weighted by Crippen LogP contribution is 2.38. The van der Waals surface area contributed by atoms with Crippen molar-refractivity contribution < 1.29 is 50.9 Å². The van der Waals surface area contributed by atoms with E-state index >= 15 is 0 Å². The minimum atomic E-state index is -5.05. The fraction of sp³-hybridized carbons (Fsp3) is 0.667. The molecule has 1 aliphatic heterocycles. The minimum Gasteiger partial charge on any atom is -0.465 e. The number of rotatable bonds is 7. The molecule has 4 atom stereocenters. The largest absolute Gasteiger partial charge is 0.465 e. The predicted molar refractivity (Wildman–Crippen MR) is 121 cm³/mol. The van der Waals surface area contributed by atoms with Crippen molar-refractivity contribution in [1.29, 1.82) is 0 Å². The Hall–Kier alpha value is -2.70. The highest BCUT2D eigenvalue weighted by atomic mass is 19.4. The number of methoxy groups -OCH3 is 1. The van der Waals surface area contributed by atoms with Gasteiger partial charge in [-0.3, -0.25) is 0 Å². The Kier molecular flexibility index (Phi) is 9.72. The van der Waals surface area contributed by atoms with Gasteiger partial charge in [-0.25, -0.2) is 9.59 Å². The second-order valence-electron chi connectivity index (χ2n) is 9.59. The lowest BCUT2D eigenvalue weighted by Gasteiger charge is -2.47. The summed E-state index contributed by atoms with van der Waals surface area (Å²) in [6.07, 6.45) is -12.7. The first kappa shape index (κ1) is 30.5. The van der Waals surface area contributed by atoms with Crippen molar-refractivity contribution in [2.24, 2.45) is 5.92 Å². The molecular weight excluding hydrogens is 510 g/mol. The lowest BCUT2D eigenvalue weighted by atomic mass is 9.85. The number of aliphatic hydroxyl groups excluding tert-OH is 1. The van der Waals surface area contributed by atoms with Gasteiger partial charge in [0.2, 0.25) is 0 Å². The van der Waals surface area contributed by atoms with Crippen molar-refractivity contribution in [1.82, 2.24) is 9.80 Å². The summed E-state index contributed by atoms with van der Waals surface area (Å²) in [5.41, 5.74) is -3.42. The molecule has 1 saturated heterocycles. The Bertz CT molecular complexity index is 920. The number of piperidine rings is 1. The van der Waals surface area contributed by atoms with Gasteiger partial charge in [-0.2, -0.15) is 26.3 Å². The zero-order valence-electron chi connectivity index (χ0n) is 20.9. The van der Waals surface area contributed by atoms with E-state index in [1.54, 1.807) is 20.8 Å². The Labute approximate surface area is 211 Å². The minimum absolute atomic E-state index is 0.00771. The first-order chi connectivity index (χ1) is 17.0. The van der Waals surface area contributed by atoms with Crippen LogP contribution < -0.4 is 0 Å². The molecule has 2 N–H and O–H groups in total. The van der Waals surface area contributed by atoms with Crippen LogP contribution in [0.1, 0.15) is 63.1 Å². The van der Waals surface area contributed by atoms with Crippen LogP contribution in [-0.2, 0) is 23.6 Å². The van der Waals surface area contributed by atoms with E-state index < -0.39 is 72.0 Å². The van der Waals surface area contributed by atoms with Crippen LogP contribution >= 0.6 is 0 Å². The average molecular weight is 543 g/mol. The molecule has 0 radical (unpaired) electrons. The van der Waals surface area contributed by atoms with Gasteiger partial charge in [0.15, 0.2) is 0 Å². The number of halogens is 6. The number of carbonyl (C=O) groups is 2. The first-order valence-electron chi connectivity index (χ1n) is 11.8. The quantitative estimate of drug-likeness (QED) is 0.413. The Balaban J connectivity index is 2.50. The third-order valence-corrected chi connectivity index (χ3v) is 6.70. The number of aliphatic hydroxyl groups is 1. The fourth-order valence-corrected chi connectivity index (χ4v) is 4.71. The maximum atomic E-state index is 13.3. The van der Waals surface area contributed by atoms with Gasteiger partial charge in [-0.1, -0.05) is 20.8 Å². The Morgan fingerprint density at radius 1 is 1.05 bits per heavy atom. The van der Waals surface area contributed by atoms with Gasteiger partial charge in [-0.15, -0.1) is 0 Å². The number of ether oxygens (including phenoxy) is 1. The van der Waals surface area contributed by atoms with Crippen LogP contribution in [-0.4, -0.2) is 63.5 Å². The van der Waals surface area contributed by atoms with E-state index in [1.807, 2.05) is 0 Å². The van der Waals surface area contributed by atoms with Gasteiger partial charge in [0, 0.05) is 24.7 Å². The second kappa shape index (κ2) is 11.8. The van der Waals surface area contributed by atoms with Gasteiger partial charge < -0.3 is 24.7 Å². The van der Waals surface area contributed by atoms with Crippen LogP contribution in [0.3, 0.4) is 0 Å². The zero-order valence-corrected chi connectivity index (χ0v) is 20.9. The molecule has 4 unspecified atom stereocenters. The van der Waals surface area contributed by atoms with Gasteiger partial charge in [0.05, 0.1) is 24.3 Å². The standard InChI is InChI=1S/C24H32F6N2O5/c1-5-17-9-18(10-19(32(17)21(34)35)11-20(33)13(2)3)31(22(36)37-4)12-14-6-15(23(25,26)27)8-16(7-14)24(28,29)30/h6-8,13,17-20,33H,5,9-12H2,1-4H3,(H,34,35). The second-order valence-corrected chi connectivity index (χ2v) is 9.59. The van der Waals surface area contributed by atoms with Gasteiger partial charge in [0.1, 0.15) is 0 Å². The number of carbonyl (C=O) groups excluding carboxylic acids is 1. The maximum Gasteiger partial charge on any atom is 0.416 e. The van der Waals surface area contributed by atoms with E-state index in [0.717, 1.165) is 12.0 Å². The summed E-state index contributed by atoms with van der Waals surface area (Å²) in [7, 11) is 1.03. The summed E-state index contributed by atoms with van der Waals surface area (Å²) in [6.45, 7) is 4.61. The molecule has 0 spiro atoms. The van der Waals surface area contributed by atoms with E-state index in [2.05, 4.69) is 0 Å². The molecule has 7 nitrogen and oxygen atoms in total. The van der Waals surface area contributed by atoms with E-state index in [4.69, 9.17) is 4.74 Å². The van der Waals surface area contributed by atoms with Crippen LogP contribution in [0.5, 0.6) is 0 Å². The van der Waals surface area contributed by atoms with Crippen LogP contribution in [0, 0.1) is 5.92 Å². The number of hydrogen-bond acceptors (Lipinski definition) is 4. The lowest BCUT2D eigenvalue weighted by Crippen LogP contribution is -2.58. The van der Waals surface area contributed by atoms with Gasteiger partial charge in [0.25, 0.3) is 0 Å². The summed E-state index contributed by atoms with van der Waals surface area (Å²) in [4.78, 5) is 27.0. The molecule has 1 aromatic carbocycles. The van der Waals surface area contributed by atoms with Crippen molar-refractivity contribution in [3.8, 4) is 0 Å². The Morgan fingerprint density at radius 3 is 1.97 bits per heavy atom. The van der Waals surface area contributed by atoms with Crippen molar-refractivity contribution in [3.05, 3.63) is 34.9 Å². The predicted octanol–water partition coefficient (Wildman–Crippen LogP) is 5.99.